The molecule has 7 heteroatoms. The zero-order chi connectivity index (χ0) is 14.7. The average Bonchev–Trinajstić information content (AvgIpc) is 3.06. The number of hydrogen-bond acceptors (Lipinski definition) is 4. The molecule has 2 aromatic heterocycles. The summed E-state index contributed by atoms with van der Waals surface area (Å²) in [6, 6.07) is 4.82. The summed E-state index contributed by atoms with van der Waals surface area (Å²) in [6.07, 6.45) is 2.82. The van der Waals surface area contributed by atoms with Gasteiger partial charge in [0.25, 0.3) is 0 Å². The number of carboxylic acids is 1. The van der Waals surface area contributed by atoms with Crippen LogP contribution in [0.1, 0.15) is 42.6 Å². The zero-order valence-corrected chi connectivity index (χ0v) is 12.1. The molecule has 0 bridgehead atoms. The molecule has 2 rings (SSSR count). The first kappa shape index (κ1) is 14.5. The summed E-state index contributed by atoms with van der Waals surface area (Å²) in [7, 11) is -1.44. The van der Waals surface area contributed by atoms with Crippen LogP contribution in [0.25, 0.3) is 0 Å². The number of aromatic carboxylic acids is 1. The maximum atomic E-state index is 12.1. The maximum Gasteiger partial charge on any atom is 0.371 e. The van der Waals surface area contributed by atoms with Crippen LogP contribution in [0.4, 0.5) is 0 Å². The Kier molecular flexibility index (Phi) is 4.39. The van der Waals surface area contributed by atoms with Crippen molar-refractivity contribution in [2.45, 2.75) is 37.2 Å². The Morgan fingerprint density at radius 2 is 2.25 bits per heavy atom. The average molecular weight is 296 g/mol. The number of carbonyl (C=O) groups is 1. The largest absolute Gasteiger partial charge is 0.475 e. The lowest BCUT2D eigenvalue weighted by molar-refractivity contribution is 0.0656. The summed E-state index contributed by atoms with van der Waals surface area (Å²) < 4.78 is 18.9. The normalized spacial score (nSPS) is 14.1. The number of hydrogen-bond donors (Lipinski definition) is 1. The SMILES string of the molecule is CCC(C)n1ccc(CS(=O)c2ccc(C(=O)O)o2)n1. The molecular formula is C13H16N2O4S. The molecule has 2 aromatic rings. The smallest absolute Gasteiger partial charge is 0.371 e. The van der Waals surface area contributed by atoms with Crippen LogP contribution in [-0.2, 0) is 16.6 Å². The van der Waals surface area contributed by atoms with Gasteiger partial charge in [-0.15, -0.1) is 0 Å². The second kappa shape index (κ2) is 6.04. The monoisotopic (exact) mass is 296 g/mol. The summed E-state index contributed by atoms with van der Waals surface area (Å²) >= 11 is 0. The molecule has 2 unspecified atom stereocenters. The van der Waals surface area contributed by atoms with Gasteiger partial charge in [0.05, 0.1) is 22.2 Å². The molecule has 6 nitrogen and oxygen atoms in total. The molecule has 2 heterocycles. The predicted octanol–water partition coefficient (Wildman–Crippen LogP) is 2.45. The minimum atomic E-state index is -1.44. The van der Waals surface area contributed by atoms with Crippen molar-refractivity contribution in [3.05, 3.63) is 35.9 Å². The van der Waals surface area contributed by atoms with Crippen LogP contribution in [-0.4, -0.2) is 25.1 Å². The standard InChI is InChI=1S/C13H16N2O4S/c1-3-9(2)15-7-6-10(14-15)8-20(18)12-5-4-11(19-12)13(16)17/h4-7,9H,3,8H2,1-2H3,(H,16,17). The van der Waals surface area contributed by atoms with E-state index in [1.165, 1.54) is 12.1 Å². The highest BCUT2D eigenvalue weighted by Gasteiger charge is 2.15. The molecule has 0 fully saturated rings. The number of nitrogens with zero attached hydrogens (tertiary/aromatic N) is 2. The van der Waals surface area contributed by atoms with Gasteiger partial charge in [-0.05, 0) is 31.5 Å². The summed E-state index contributed by atoms with van der Waals surface area (Å²) in [4.78, 5) is 10.7. The molecule has 0 aromatic carbocycles. The first-order valence-electron chi connectivity index (χ1n) is 6.26. The van der Waals surface area contributed by atoms with E-state index < -0.39 is 16.8 Å². The molecule has 108 valence electrons. The lowest BCUT2D eigenvalue weighted by Gasteiger charge is -2.07. The van der Waals surface area contributed by atoms with Gasteiger partial charge in [0.1, 0.15) is 0 Å². The van der Waals surface area contributed by atoms with Gasteiger partial charge in [-0.25, -0.2) is 4.79 Å². The lowest BCUT2D eigenvalue weighted by Crippen LogP contribution is -2.05. The summed E-state index contributed by atoms with van der Waals surface area (Å²) in [5.74, 6) is -1.18. The fourth-order valence-corrected chi connectivity index (χ4v) is 2.62. The Morgan fingerprint density at radius 3 is 2.85 bits per heavy atom. The van der Waals surface area contributed by atoms with E-state index in [9.17, 15) is 9.00 Å². The first-order valence-corrected chi connectivity index (χ1v) is 7.58. The van der Waals surface area contributed by atoms with Crippen LogP contribution in [0.2, 0.25) is 0 Å². The van der Waals surface area contributed by atoms with Gasteiger partial charge in [-0.1, -0.05) is 6.92 Å². The van der Waals surface area contributed by atoms with E-state index in [-0.39, 0.29) is 16.6 Å². The third-order valence-corrected chi connectivity index (χ3v) is 4.23. The molecular weight excluding hydrogens is 280 g/mol. The minimum absolute atomic E-state index is 0.153. The molecule has 0 saturated heterocycles. The molecule has 2 atom stereocenters. The van der Waals surface area contributed by atoms with E-state index in [0.717, 1.165) is 6.42 Å². The van der Waals surface area contributed by atoms with Crippen molar-refractivity contribution in [1.29, 1.82) is 0 Å². The van der Waals surface area contributed by atoms with Gasteiger partial charge >= 0.3 is 5.97 Å². The van der Waals surface area contributed by atoms with Gasteiger partial charge in [0.2, 0.25) is 5.76 Å². The van der Waals surface area contributed by atoms with Crippen molar-refractivity contribution in [3.8, 4) is 0 Å². The fraction of sp³-hybridized carbons (Fsp3) is 0.385. The maximum absolute atomic E-state index is 12.1. The highest BCUT2D eigenvalue weighted by molar-refractivity contribution is 7.84. The first-order chi connectivity index (χ1) is 9.51. The van der Waals surface area contributed by atoms with Crippen molar-refractivity contribution < 1.29 is 18.5 Å². The van der Waals surface area contributed by atoms with Gasteiger partial charge < -0.3 is 9.52 Å². The topological polar surface area (TPSA) is 85.3 Å². The number of aromatic nitrogens is 2. The highest BCUT2D eigenvalue weighted by Crippen LogP contribution is 2.16. The molecule has 0 saturated carbocycles. The fourth-order valence-electron chi connectivity index (χ4n) is 1.65. The molecule has 0 radical (unpaired) electrons. The lowest BCUT2D eigenvalue weighted by atomic mass is 10.3. The van der Waals surface area contributed by atoms with Crippen LogP contribution in [0.5, 0.6) is 0 Å². The molecule has 0 amide bonds. The van der Waals surface area contributed by atoms with Crippen LogP contribution in [0, 0.1) is 0 Å². The number of carboxylic acid groups (broad SMARTS) is 1. The van der Waals surface area contributed by atoms with Crippen molar-refractivity contribution >= 4 is 16.8 Å². The Morgan fingerprint density at radius 1 is 1.50 bits per heavy atom. The van der Waals surface area contributed by atoms with Crippen molar-refractivity contribution in [1.82, 2.24) is 9.78 Å². The third-order valence-electron chi connectivity index (χ3n) is 3.00. The summed E-state index contributed by atoms with van der Waals surface area (Å²) in [5, 5.41) is 13.3. The van der Waals surface area contributed by atoms with Crippen molar-refractivity contribution in [3.63, 3.8) is 0 Å². The van der Waals surface area contributed by atoms with Crippen molar-refractivity contribution in [2.75, 3.05) is 0 Å². The number of rotatable bonds is 6. The van der Waals surface area contributed by atoms with E-state index in [1.807, 2.05) is 16.9 Å². The Hall–Kier alpha value is -1.89. The summed E-state index contributed by atoms with van der Waals surface area (Å²) in [5.41, 5.74) is 0.692. The van der Waals surface area contributed by atoms with E-state index in [1.54, 1.807) is 0 Å². The molecule has 0 aliphatic rings. The second-order valence-corrected chi connectivity index (χ2v) is 5.84. The van der Waals surface area contributed by atoms with Gasteiger partial charge in [-0.3, -0.25) is 8.89 Å². The molecule has 0 aliphatic heterocycles. The molecule has 20 heavy (non-hydrogen) atoms. The van der Waals surface area contributed by atoms with Crippen molar-refractivity contribution in [2.24, 2.45) is 0 Å². The minimum Gasteiger partial charge on any atom is -0.475 e. The predicted molar refractivity (Wildman–Crippen MR) is 73.0 cm³/mol. The summed E-state index contributed by atoms with van der Waals surface area (Å²) in [6.45, 7) is 4.12. The van der Waals surface area contributed by atoms with Crippen LogP contribution in [0.3, 0.4) is 0 Å². The van der Waals surface area contributed by atoms with Crippen LogP contribution in [0.15, 0.2) is 33.9 Å². The van der Waals surface area contributed by atoms with Gasteiger partial charge in [0, 0.05) is 12.2 Å². The quantitative estimate of drug-likeness (QED) is 0.885. The molecule has 0 spiro atoms. The van der Waals surface area contributed by atoms with Crippen LogP contribution >= 0.6 is 0 Å². The Balaban J connectivity index is 2.07. The van der Waals surface area contributed by atoms with Gasteiger partial charge in [-0.2, -0.15) is 5.10 Å². The van der Waals surface area contributed by atoms with E-state index in [2.05, 4.69) is 18.9 Å². The van der Waals surface area contributed by atoms with E-state index in [0.29, 0.717) is 11.7 Å². The van der Waals surface area contributed by atoms with E-state index >= 15 is 0 Å². The molecule has 0 aliphatic carbocycles. The zero-order valence-electron chi connectivity index (χ0n) is 11.3. The molecule has 1 N–H and O–H groups in total. The second-order valence-electron chi connectivity index (χ2n) is 4.46. The Bertz CT molecular complexity index is 632. The number of furan rings is 1. The van der Waals surface area contributed by atoms with Gasteiger partial charge in [0.15, 0.2) is 5.09 Å². The highest BCUT2D eigenvalue weighted by atomic mass is 32.2. The Labute approximate surface area is 118 Å². The third kappa shape index (κ3) is 3.16. The van der Waals surface area contributed by atoms with Crippen LogP contribution < -0.4 is 0 Å². The van der Waals surface area contributed by atoms with E-state index in [4.69, 9.17) is 9.52 Å².